The van der Waals surface area contributed by atoms with Gasteiger partial charge < -0.3 is 5.11 Å². The SMILES string of the molecule is O=S=Nc1cc(C(=O)c2ccccc2)ccc1N=C/C(C(=O)C(F)(F)F)=C(/O)C(F)(F)F. The highest BCUT2D eigenvalue weighted by atomic mass is 32.1. The van der Waals surface area contributed by atoms with E-state index >= 15 is 0 Å². The number of hydrogen-bond donors (Lipinski definition) is 1. The molecular weight excluding hydrogens is 466 g/mol. The van der Waals surface area contributed by atoms with Crippen molar-refractivity contribution in [3.05, 3.63) is 71.0 Å². The van der Waals surface area contributed by atoms with Gasteiger partial charge in [0.2, 0.25) is 17.2 Å². The van der Waals surface area contributed by atoms with Crippen LogP contribution in [0.2, 0.25) is 0 Å². The molecule has 2 aromatic rings. The summed E-state index contributed by atoms with van der Waals surface area (Å²) in [7, 11) is 0. The van der Waals surface area contributed by atoms with Gasteiger partial charge in [-0.2, -0.15) is 34.9 Å². The molecular formula is C19H10F6N2O4S. The summed E-state index contributed by atoms with van der Waals surface area (Å²) in [5.41, 5.74) is -2.67. The van der Waals surface area contributed by atoms with Gasteiger partial charge in [0.25, 0.3) is 5.78 Å². The molecule has 13 heteroatoms. The van der Waals surface area contributed by atoms with Gasteiger partial charge in [-0.05, 0) is 18.2 Å². The number of aliphatic hydroxyl groups is 1. The van der Waals surface area contributed by atoms with Crippen LogP contribution >= 0.6 is 0 Å². The molecule has 2 rings (SSSR count). The van der Waals surface area contributed by atoms with E-state index in [0.717, 1.165) is 18.2 Å². The number of rotatable bonds is 6. The molecule has 0 atom stereocenters. The molecule has 32 heavy (non-hydrogen) atoms. The number of halogens is 6. The van der Waals surface area contributed by atoms with Crippen LogP contribution < -0.4 is 0 Å². The van der Waals surface area contributed by atoms with Crippen molar-refractivity contribution in [2.45, 2.75) is 12.4 Å². The average Bonchev–Trinajstić information content (AvgIpc) is 2.73. The van der Waals surface area contributed by atoms with Gasteiger partial charge in [0, 0.05) is 17.3 Å². The van der Waals surface area contributed by atoms with Crippen molar-refractivity contribution in [2.24, 2.45) is 9.36 Å². The number of carbonyl (C=O) groups is 2. The minimum Gasteiger partial charge on any atom is -0.504 e. The van der Waals surface area contributed by atoms with Gasteiger partial charge in [0.1, 0.15) is 5.69 Å². The molecule has 0 aliphatic heterocycles. The minimum absolute atomic E-state index is 0.00298. The lowest BCUT2D eigenvalue weighted by molar-refractivity contribution is -0.167. The molecule has 0 fully saturated rings. The Kier molecular flexibility index (Phi) is 7.46. The van der Waals surface area contributed by atoms with Gasteiger partial charge in [0.15, 0.2) is 5.78 Å². The van der Waals surface area contributed by atoms with Crippen LogP contribution in [0.3, 0.4) is 0 Å². The maximum atomic E-state index is 12.7. The van der Waals surface area contributed by atoms with Crippen LogP contribution in [-0.2, 0) is 16.3 Å². The van der Waals surface area contributed by atoms with E-state index in [2.05, 4.69) is 9.36 Å². The first-order chi connectivity index (χ1) is 14.9. The number of ketones is 2. The molecule has 6 nitrogen and oxygen atoms in total. The van der Waals surface area contributed by atoms with E-state index in [0.29, 0.717) is 0 Å². The minimum atomic E-state index is -5.73. The molecule has 0 heterocycles. The molecule has 0 aliphatic carbocycles. The van der Waals surface area contributed by atoms with Gasteiger partial charge in [-0.15, -0.1) is 0 Å². The second-order valence-electron chi connectivity index (χ2n) is 5.91. The van der Waals surface area contributed by atoms with Gasteiger partial charge in [-0.25, -0.2) is 0 Å². The lowest BCUT2D eigenvalue weighted by Gasteiger charge is -2.11. The molecule has 0 radical (unpaired) electrons. The zero-order chi connectivity index (χ0) is 24.1. The van der Waals surface area contributed by atoms with E-state index in [4.69, 9.17) is 5.11 Å². The van der Waals surface area contributed by atoms with Crippen LogP contribution in [0.25, 0.3) is 0 Å². The Morgan fingerprint density at radius 3 is 2.03 bits per heavy atom. The molecule has 0 spiro atoms. The van der Waals surface area contributed by atoms with Crippen LogP contribution in [0.1, 0.15) is 15.9 Å². The first-order valence-corrected chi connectivity index (χ1v) is 8.96. The second kappa shape index (κ2) is 9.68. The Morgan fingerprint density at radius 1 is 0.875 bits per heavy atom. The molecule has 0 saturated carbocycles. The van der Waals surface area contributed by atoms with Gasteiger partial charge in [-0.1, -0.05) is 30.3 Å². The van der Waals surface area contributed by atoms with E-state index in [-0.39, 0.29) is 34.5 Å². The Balaban J connectivity index is 2.55. The summed E-state index contributed by atoms with van der Waals surface area (Å²) >= 11 is -0.358. The molecule has 0 bridgehead atoms. The first kappa shape index (κ1) is 24.7. The zero-order valence-corrected chi connectivity index (χ0v) is 16.3. The highest BCUT2D eigenvalue weighted by molar-refractivity contribution is 7.54. The van der Waals surface area contributed by atoms with Crippen LogP contribution in [0.4, 0.5) is 37.7 Å². The number of aliphatic hydroxyl groups excluding tert-OH is 1. The van der Waals surface area contributed by atoms with Crippen molar-refractivity contribution in [2.75, 3.05) is 0 Å². The maximum Gasteiger partial charge on any atom is 0.455 e. The van der Waals surface area contributed by atoms with E-state index in [1.54, 1.807) is 18.2 Å². The summed E-state index contributed by atoms with van der Waals surface area (Å²) in [6.07, 6.45) is -11.5. The number of carbonyl (C=O) groups excluding carboxylic acids is 2. The van der Waals surface area contributed by atoms with Crippen molar-refractivity contribution in [1.82, 2.24) is 0 Å². The fourth-order valence-corrected chi connectivity index (χ4v) is 2.54. The Bertz CT molecular complexity index is 1150. The lowest BCUT2D eigenvalue weighted by Crippen LogP contribution is -2.29. The molecule has 0 amide bonds. The van der Waals surface area contributed by atoms with Crippen molar-refractivity contribution >= 4 is 40.6 Å². The van der Waals surface area contributed by atoms with Gasteiger partial charge in [0.05, 0.1) is 11.3 Å². The van der Waals surface area contributed by atoms with Crippen LogP contribution in [0.15, 0.2) is 69.2 Å². The predicted molar refractivity (Wildman–Crippen MR) is 101 cm³/mol. The van der Waals surface area contributed by atoms with E-state index in [1.165, 1.54) is 12.1 Å². The summed E-state index contributed by atoms with van der Waals surface area (Å²) < 4.78 is 90.2. The second-order valence-corrected chi connectivity index (χ2v) is 6.24. The summed E-state index contributed by atoms with van der Waals surface area (Å²) in [5, 5.41) is 9.09. The number of nitrogens with zero attached hydrogens (tertiary/aromatic N) is 2. The number of allylic oxidation sites excluding steroid dienone is 2. The highest BCUT2D eigenvalue weighted by Crippen LogP contribution is 2.32. The van der Waals surface area contributed by atoms with Crippen LogP contribution in [0, 0.1) is 0 Å². The van der Waals surface area contributed by atoms with Gasteiger partial charge >= 0.3 is 12.4 Å². The maximum absolute atomic E-state index is 12.7. The first-order valence-electron chi connectivity index (χ1n) is 8.26. The van der Waals surface area contributed by atoms with Gasteiger partial charge in [-0.3, -0.25) is 14.6 Å². The fraction of sp³-hybridized carbons (Fsp3) is 0.105. The molecule has 0 aromatic heterocycles. The quantitative estimate of drug-likeness (QED) is 0.205. The van der Waals surface area contributed by atoms with E-state index in [9.17, 15) is 40.1 Å². The largest absolute Gasteiger partial charge is 0.504 e. The third-order valence-electron chi connectivity index (χ3n) is 3.77. The van der Waals surface area contributed by atoms with Crippen molar-refractivity contribution in [3.63, 3.8) is 0 Å². The fourth-order valence-electron chi connectivity index (χ4n) is 2.31. The number of aliphatic imine (C=N–C) groups is 1. The normalized spacial score (nSPS) is 12.9. The summed E-state index contributed by atoms with van der Waals surface area (Å²) in [5.74, 6) is -6.28. The van der Waals surface area contributed by atoms with Crippen LogP contribution in [0.5, 0.6) is 0 Å². The van der Waals surface area contributed by atoms with Crippen molar-refractivity contribution in [3.8, 4) is 0 Å². The molecule has 0 unspecified atom stereocenters. The summed E-state index contributed by atoms with van der Waals surface area (Å²) in [6, 6.07) is 11.0. The molecule has 1 N–H and O–H groups in total. The molecule has 168 valence electrons. The van der Waals surface area contributed by atoms with E-state index < -0.39 is 40.9 Å². The third kappa shape index (κ3) is 5.97. The van der Waals surface area contributed by atoms with E-state index in [1.807, 2.05) is 0 Å². The Labute approximate surface area is 179 Å². The lowest BCUT2D eigenvalue weighted by atomic mass is 10.0. The summed E-state index contributed by atoms with van der Waals surface area (Å²) in [4.78, 5) is 27.2. The molecule has 2 aromatic carbocycles. The molecule has 0 aliphatic rings. The average molecular weight is 476 g/mol. The topological polar surface area (TPSA) is 96.2 Å². The van der Waals surface area contributed by atoms with Crippen molar-refractivity contribution < 1.29 is 45.2 Å². The smallest absolute Gasteiger partial charge is 0.455 e. The monoisotopic (exact) mass is 476 g/mol. The van der Waals surface area contributed by atoms with Crippen molar-refractivity contribution in [1.29, 1.82) is 0 Å². The number of hydrogen-bond acceptors (Lipinski definition) is 6. The standard InChI is InChI=1S/C19H10F6N2O4S/c20-18(21,22)16(29)12(17(30)19(23,24)25)9-26-13-7-6-11(8-14(13)27-32-31)15(28)10-4-2-1-3-5-10/h1-9,29H/b16-12-,26-9?. The third-order valence-corrected chi connectivity index (χ3v) is 4.04. The Morgan fingerprint density at radius 2 is 1.50 bits per heavy atom. The Hall–Kier alpha value is -3.61. The van der Waals surface area contributed by atoms with Crippen LogP contribution in [-0.4, -0.2) is 39.4 Å². The molecule has 0 saturated heterocycles. The number of benzene rings is 2. The number of alkyl halides is 6. The summed E-state index contributed by atoms with van der Waals surface area (Å²) in [6.45, 7) is 0. The highest BCUT2D eigenvalue weighted by Gasteiger charge is 2.46. The number of Topliss-reactive ketones (excluding diaryl/α,β-unsaturated/α-hetero) is 1. The zero-order valence-electron chi connectivity index (χ0n) is 15.4. The predicted octanol–water partition coefficient (Wildman–Crippen LogP) is 5.15.